The number of nitrogens with one attached hydrogen (secondary N) is 1. The largest absolute Gasteiger partial charge is 0.385 e. The van der Waals surface area contributed by atoms with Gasteiger partial charge >= 0.3 is 0 Å². The highest BCUT2D eigenvalue weighted by atomic mass is 32.2. The number of rotatable bonds is 4. The Balaban J connectivity index is 2.56. The molecule has 15 heavy (non-hydrogen) atoms. The van der Waals surface area contributed by atoms with Crippen molar-refractivity contribution >= 4 is 17.6 Å². The zero-order valence-corrected chi connectivity index (χ0v) is 9.98. The van der Waals surface area contributed by atoms with Crippen molar-refractivity contribution in [3.05, 3.63) is 12.4 Å². The van der Waals surface area contributed by atoms with Crippen molar-refractivity contribution in [1.29, 1.82) is 0 Å². The van der Waals surface area contributed by atoms with E-state index in [1.807, 2.05) is 0 Å². The number of nitrogens with two attached hydrogens (primary N) is 1. The maximum absolute atomic E-state index is 13.8. The van der Waals surface area contributed by atoms with E-state index in [1.165, 1.54) is 0 Å². The summed E-state index contributed by atoms with van der Waals surface area (Å²) in [5, 5.41) is 3.24. The molecular formula is C10H18FN3S. The average Bonchev–Trinajstić information content (AvgIpc) is 2.63. The first-order chi connectivity index (χ1) is 7.04. The summed E-state index contributed by atoms with van der Waals surface area (Å²) < 4.78 is 13.8. The van der Waals surface area contributed by atoms with Crippen LogP contribution in [0.25, 0.3) is 0 Å². The maximum Gasteiger partial charge on any atom is 0.161 e. The molecule has 0 aromatic rings. The number of halogens is 1. The van der Waals surface area contributed by atoms with Crippen LogP contribution in [0.5, 0.6) is 0 Å². The molecule has 0 radical (unpaired) electrons. The minimum atomic E-state index is -1.15. The predicted octanol–water partition coefficient (Wildman–Crippen LogP) is 1.51. The Bertz CT molecular complexity index is 267. The molecule has 3 unspecified atom stereocenters. The van der Waals surface area contributed by atoms with E-state index in [-0.39, 0.29) is 11.8 Å². The Hall–Kier alpha value is -0.710. The molecule has 0 aromatic heterocycles. The van der Waals surface area contributed by atoms with Crippen molar-refractivity contribution in [2.75, 3.05) is 12.8 Å². The van der Waals surface area contributed by atoms with Crippen LogP contribution in [0.2, 0.25) is 0 Å². The molecule has 86 valence electrons. The molecular weight excluding hydrogens is 213 g/mol. The summed E-state index contributed by atoms with van der Waals surface area (Å²) in [4.78, 5) is 3.87. The molecule has 3 N–H and O–H groups in total. The Kier molecular flexibility index (Phi) is 4.45. The molecule has 1 aliphatic rings. The second-order valence-corrected chi connectivity index (χ2v) is 5.25. The van der Waals surface area contributed by atoms with Crippen LogP contribution in [-0.2, 0) is 0 Å². The van der Waals surface area contributed by atoms with Gasteiger partial charge in [0.05, 0.1) is 0 Å². The summed E-state index contributed by atoms with van der Waals surface area (Å²) in [6, 6.07) is 0. The second-order valence-electron chi connectivity index (χ2n) is 3.77. The van der Waals surface area contributed by atoms with E-state index in [9.17, 15) is 4.39 Å². The van der Waals surface area contributed by atoms with E-state index < -0.39 is 6.17 Å². The van der Waals surface area contributed by atoms with Gasteiger partial charge in [0.2, 0.25) is 0 Å². The highest BCUT2D eigenvalue weighted by molar-refractivity contribution is 8.00. The second kappa shape index (κ2) is 5.39. The fraction of sp³-hybridized carbons (Fsp3) is 0.700. The van der Waals surface area contributed by atoms with Crippen LogP contribution in [-0.4, -0.2) is 30.1 Å². The van der Waals surface area contributed by atoms with Crippen molar-refractivity contribution in [3.63, 3.8) is 0 Å². The summed E-state index contributed by atoms with van der Waals surface area (Å²) >= 11 is 1.79. The van der Waals surface area contributed by atoms with Gasteiger partial charge in [-0.3, -0.25) is 0 Å². The molecule has 1 heterocycles. The van der Waals surface area contributed by atoms with E-state index in [0.717, 1.165) is 12.2 Å². The summed E-state index contributed by atoms with van der Waals surface area (Å²) in [6.45, 7) is 5.70. The van der Waals surface area contributed by atoms with E-state index in [0.29, 0.717) is 11.1 Å². The van der Waals surface area contributed by atoms with Gasteiger partial charge in [0.1, 0.15) is 11.7 Å². The van der Waals surface area contributed by atoms with Gasteiger partial charge in [-0.2, -0.15) is 11.8 Å². The highest BCUT2D eigenvalue weighted by Crippen LogP contribution is 2.34. The molecule has 1 saturated heterocycles. The standard InChI is InChI=1S/C10H18FN3S/c1-6-4-8(5-15-6)9(11)10(12)14-7(2)13-3/h6,8-9,13H,2,4-5H2,1,3H3,(H2,12,14). The molecule has 0 saturated carbocycles. The zero-order chi connectivity index (χ0) is 11.4. The number of hydrogen-bond acceptors (Lipinski definition) is 3. The van der Waals surface area contributed by atoms with Crippen LogP contribution >= 0.6 is 11.8 Å². The first kappa shape index (κ1) is 12.4. The number of aliphatic imine (C=N–C) groups is 1. The molecule has 0 spiro atoms. The number of alkyl halides is 1. The Morgan fingerprint density at radius 2 is 2.40 bits per heavy atom. The summed E-state index contributed by atoms with van der Waals surface area (Å²) in [7, 11) is 1.68. The van der Waals surface area contributed by atoms with Gasteiger partial charge in [-0.15, -0.1) is 0 Å². The van der Waals surface area contributed by atoms with Crippen LogP contribution in [0.4, 0.5) is 4.39 Å². The predicted molar refractivity (Wildman–Crippen MR) is 64.7 cm³/mol. The smallest absolute Gasteiger partial charge is 0.161 e. The third-order valence-electron chi connectivity index (χ3n) is 2.48. The molecule has 0 aliphatic carbocycles. The van der Waals surface area contributed by atoms with Crippen LogP contribution in [0.1, 0.15) is 13.3 Å². The van der Waals surface area contributed by atoms with Crippen molar-refractivity contribution in [1.82, 2.24) is 5.32 Å². The van der Waals surface area contributed by atoms with Crippen LogP contribution in [0.3, 0.4) is 0 Å². The quantitative estimate of drug-likeness (QED) is 0.569. The molecule has 0 amide bonds. The van der Waals surface area contributed by atoms with Gasteiger partial charge in [-0.1, -0.05) is 13.5 Å². The summed E-state index contributed by atoms with van der Waals surface area (Å²) in [5.41, 5.74) is 5.58. The minimum absolute atomic E-state index is 0.00148. The van der Waals surface area contributed by atoms with Crippen LogP contribution in [0, 0.1) is 5.92 Å². The first-order valence-corrected chi connectivity index (χ1v) is 6.05. The molecule has 1 aliphatic heterocycles. The number of hydrogen-bond donors (Lipinski definition) is 2. The van der Waals surface area contributed by atoms with E-state index in [4.69, 9.17) is 5.73 Å². The van der Waals surface area contributed by atoms with Gasteiger partial charge in [0.25, 0.3) is 0 Å². The topological polar surface area (TPSA) is 50.4 Å². The molecule has 1 fully saturated rings. The van der Waals surface area contributed by atoms with Crippen LogP contribution < -0.4 is 11.1 Å². The Morgan fingerprint density at radius 1 is 1.73 bits per heavy atom. The van der Waals surface area contributed by atoms with Crippen LogP contribution in [0.15, 0.2) is 17.4 Å². The average molecular weight is 231 g/mol. The third-order valence-corrected chi connectivity index (χ3v) is 3.86. The molecule has 1 rings (SSSR count). The van der Waals surface area contributed by atoms with Gasteiger partial charge in [0.15, 0.2) is 6.17 Å². The molecule has 5 heteroatoms. The van der Waals surface area contributed by atoms with Crippen molar-refractivity contribution in [3.8, 4) is 0 Å². The zero-order valence-electron chi connectivity index (χ0n) is 9.16. The lowest BCUT2D eigenvalue weighted by molar-refractivity contribution is 0.315. The van der Waals surface area contributed by atoms with E-state index in [2.05, 4.69) is 23.8 Å². The Morgan fingerprint density at radius 3 is 2.87 bits per heavy atom. The normalized spacial score (nSPS) is 28.9. The fourth-order valence-electron chi connectivity index (χ4n) is 1.57. The van der Waals surface area contributed by atoms with E-state index >= 15 is 0 Å². The molecule has 3 atom stereocenters. The number of nitrogens with zero attached hydrogens (tertiary/aromatic N) is 1. The number of amidine groups is 1. The summed E-state index contributed by atoms with van der Waals surface area (Å²) in [5.74, 6) is 1.26. The molecule has 0 bridgehead atoms. The minimum Gasteiger partial charge on any atom is -0.385 e. The van der Waals surface area contributed by atoms with Crippen molar-refractivity contribution in [2.45, 2.75) is 24.8 Å². The lowest BCUT2D eigenvalue weighted by atomic mass is 10.00. The highest BCUT2D eigenvalue weighted by Gasteiger charge is 2.31. The lowest BCUT2D eigenvalue weighted by Gasteiger charge is -2.14. The molecule has 3 nitrogen and oxygen atoms in total. The third kappa shape index (κ3) is 3.41. The molecule has 0 aromatic carbocycles. The number of thioether (sulfide) groups is 1. The van der Waals surface area contributed by atoms with E-state index in [1.54, 1.807) is 18.8 Å². The van der Waals surface area contributed by atoms with Gasteiger partial charge < -0.3 is 11.1 Å². The van der Waals surface area contributed by atoms with Gasteiger partial charge in [0, 0.05) is 18.2 Å². The first-order valence-electron chi connectivity index (χ1n) is 5.01. The maximum atomic E-state index is 13.8. The van der Waals surface area contributed by atoms with Gasteiger partial charge in [-0.25, -0.2) is 9.38 Å². The Labute approximate surface area is 94.4 Å². The lowest BCUT2D eigenvalue weighted by Crippen LogP contribution is -2.33. The van der Waals surface area contributed by atoms with Crippen molar-refractivity contribution in [2.24, 2.45) is 16.6 Å². The fourth-order valence-corrected chi connectivity index (χ4v) is 2.83. The SMILES string of the molecule is C=C(N=C(N)C(F)C1CSC(C)C1)NC. The van der Waals surface area contributed by atoms with Gasteiger partial charge in [-0.05, 0) is 12.2 Å². The monoisotopic (exact) mass is 231 g/mol. The summed E-state index contributed by atoms with van der Waals surface area (Å²) in [6.07, 6.45) is -0.277. The van der Waals surface area contributed by atoms with Crippen molar-refractivity contribution < 1.29 is 4.39 Å².